The normalized spacial score (nSPS) is 10.3. The largest absolute Gasteiger partial charge is 0.494 e. The number of benzene rings is 1. The zero-order valence-electron chi connectivity index (χ0n) is 12.7. The topological polar surface area (TPSA) is 88.5 Å². The number of carboxylic acids is 1. The number of nitrogens with zero attached hydrogens (tertiary/aromatic N) is 1. The van der Waals surface area contributed by atoms with E-state index in [1.807, 2.05) is 31.2 Å². The second-order valence-corrected chi connectivity index (χ2v) is 5.67. The Bertz CT molecular complexity index is 667. The lowest BCUT2D eigenvalue weighted by molar-refractivity contribution is -0.136. The first-order chi connectivity index (χ1) is 11.1. The number of ether oxygens (including phenoxy) is 1. The lowest BCUT2D eigenvalue weighted by atomic mass is 10.2. The van der Waals surface area contributed by atoms with Gasteiger partial charge in [-0.3, -0.25) is 9.59 Å². The van der Waals surface area contributed by atoms with Crippen LogP contribution in [-0.4, -0.2) is 35.1 Å². The average molecular weight is 334 g/mol. The Kier molecular flexibility index (Phi) is 6.10. The summed E-state index contributed by atoms with van der Waals surface area (Å²) >= 11 is 1.37. The first kappa shape index (κ1) is 17.0. The van der Waals surface area contributed by atoms with Gasteiger partial charge in [0, 0.05) is 17.5 Å². The molecule has 0 unspecified atom stereocenters. The fourth-order valence-electron chi connectivity index (χ4n) is 1.80. The summed E-state index contributed by atoms with van der Waals surface area (Å²) in [5, 5.41) is 13.5. The maximum Gasteiger partial charge on any atom is 0.305 e. The third-order valence-corrected chi connectivity index (χ3v) is 3.83. The molecular weight excluding hydrogens is 316 g/mol. The Labute approximate surface area is 138 Å². The molecule has 1 heterocycles. The molecule has 0 aliphatic heterocycles. The van der Waals surface area contributed by atoms with Crippen LogP contribution in [0.1, 0.15) is 30.3 Å². The molecule has 2 rings (SSSR count). The molecule has 1 aromatic carbocycles. The van der Waals surface area contributed by atoms with Gasteiger partial charge in [0.1, 0.15) is 16.5 Å². The molecule has 0 spiro atoms. The van der Waals surface area contributed by atoms with Crippen molar-refractivity contribution in [2.75, 3.05) is 13.2 Å². The van der Waals surface area contributed by atoms with Gasteiger partial charge in [0.05, 0.1) is 13.0 Å². The van der Waals surface area contributed by atoms with E-state index in [1.54, 1.807) is 5.38 Å². The molecule has 2 N–H and O–H groups in total. The van der Waals surface area contributed by atoms with Crippen LogP contribution in [0.5, 0.6) is 5.75 Å². The van der Waals surface area contributed by atoms with Crippen molar-refractivity contribution in [2.24, 2.45) is 0 Å². The van der Waals surface area contributed by atoms with E-state index in [9.17, 15) is 9.59 Å². The second kappa shape index (κ2) is 8.28. The number of nitrogens with one attached hydrogen (secondary N) is 1. The zero-order chi connectivity index (χ0) is 16.7. The standard InChI is InChI=1S/C16H18N2O4S/c1-2-9-22-12-5-3-11(4-6-12)16-18-13(10-23-16)15(21)17-8-7-14(19)20/h3-6,10H,2,7-9H2,1H3,(H,17,21)(H,19,20). The maximum atomic E-state index is 11.9. The molecule has 0 saturated carbocycles. The van der Waals surface area contributed by atoms with Crippen molar-refractivity contribution in [1.29, 1.82) is 0 Å². The Morgan fingerprint density at radius 3 is 2.70 bits per heavy atom. The van der Waals surface area contributed by atoms with Crippen LogP contribution in [0.15, 0.2) is 29.6 Å². The molecule has 0 aliphatic rings. The van der Waals surface area contributed by atoms with Gasteiger partial charge in [0.15, 0.2) is 0 Å². The van der Waals surface area contributed by atoms with Gasteiger partial charge in [0.2, 0.25) is 0 Å². The van der Waals surface area contributed by atoms with E-state index in [-0.39, 0.29) is 18.9 Å². The van der Waals surface area contributed by atoms with E-state index in [4.69, 9.17) is 9.84 Å². The summed E-state index contributed by atoms with van der Waals surface area (Å²) in [6.07, 6.45) is 0.844. The van der Waals surface area contributed by atoms with Crippen molar-refractivity contribution < 1.29 is 19.4 Å². The Morgan fingerprint density at radius 2 is 2.04 bits per heavy atom. The lowest BCUT2D eigenvalue weighted by Crippen LogP contribution is -2.26. The Hall–Kier alpha value is -2.41. The highest BCUT2D eigenvalue weighted by Gasteiger charge is 2.12. The number of amides is 1. The van der Waals surface area contributed by atoms with Crippen molar-refractivity contribution in [1.82, 2.24) is 10.3 Å². The van der Waals surface area contributed by atoms with Gasteiger partial charge in [-0.1, -0.05) is 6.92 Å². The van der Waals surface area contributed by atoms with Crippen molar-refractivity contribution in [2.45, 2.75) is 19.8 Å². The summed E-state index contributed by atoms with van der Waals surface area (Å²) in [4.78, 5) is 26.6. The van der Waals surface area contributed by atoms with E-state index in [1.165, 1.54) is 11.3 Å². The summed E-state index contributed by atoms with van der Waals surface area (Å²) in [5.74, 6) is -0.509. The number of aromatic nitrogens is 1. The van der Waals surface area contributed by atoms with Gasteiger partial charge >= 0.3 is 5.97 Å². The van der Waals surface area contributed by atoms with E-state index < -0.39 is 5.97 Å². The van der Waals surface area contributed by atoms with Crippen LogP contribution in [0.2, 0.25) is 0 Å². The molecule has 0 radical (unpaired) electrons. The minimum absolute atomic E-state index is 0.0878. The van der Waals surface area contributed by atoms with Crippen LogP contribution in [-0.2, 0) is 4.79 Å². The van der Waals surface area contributed by atoms with Crippen LogP contribution in [0.25, 0.3) is 10.6 Å². The monoisotopic (exact) mass is 334 g/mol. The average Bonchev–Trinajstić information content (AvgIpc) is 3.03. The third-order valence-electron chi connectivity index (χ3n) is 2.94. The lowest BCUT2D eigenvalue weighted by Gasteiger charge is -2.04. The van der Waals surface area contributed by atoms with Crippen LogP contribution in [0.3, 0.4) is 0 Å². The van der Waals surface area contributed by atoms with E-state index in [0.717, 1.165) is 22.7 Å². The number of carbonyl (C=O) groups is 2. The van der Waals surface area contributed by atoms with E-state index in [2.05, 4.69) is 10.3 Å². The summed E-state index contributed by atoms with van der Waals surface area (Å²) in [6, 6.07) is 7.55. The molecule has 0 saturated heterocycles. The molecule has 0 aliphatic carbocycles. The minimum Gasteiger partial charge on any atom is -0.494 e. The molecule has 2 aromatic rings. The van der Waals surface area contributed by atoms with Gasteiger partial charge in [-0.2, -0.15) is 0 Å². The number of hydrogen-bond acceptors (Lipinski definition) is 5. The molecule has 0 fully saturated rings. The summed E-state index contributed by atoms with van der Waals surface area (Å²) in [7, 11) is 0. The quantitative estimate of drug-likeness (QED) is 0.775. The first-order valence-corrected chi connectivity index (χ1v) is 8.17. The molecule has 122 valence electrons. The molecule has 23 heavy (non-hydrogen) atoms. The number of aliphatic carboxylic acids is 1. The van der Waals surface area contributed by atoms with Gasteiger partial charge in [0.25, 0.3) is 5.91 Å². The Balaban J connectivity index is 1.98. The molecule has 6 nitrogen and oxygen atoms in total. The van der Waals surface area contributed by atoms with Crippen LogP contribution >= 0.6 is 11.3 Å². The van der Waals surface area contributed by atoms with Crippen LogP contribution < -0.4 is 10.1 Å². The van der Waals surface area contributed by atoms with Crippen molar-refractivity contribution in [3.05, 3.63) is 35.3 Å². The maximum absolute atomic E-state index is 11.9. The van der Waals surface area contributed by atoms with Gasteiger partial charge in [-0.15, -0.1) is 11.3 Å². The molecule has 0 bridgehead atoms. The molecule has 0 atom stereocenters. The van der Waals surface area contributed by atoms with Crippen LogP contribution in [0, 0.1) is 0 Å². The SMILES string of the molecule is CCCOc1ccc(-c2nc(C(=O)NCCC(=O)O)cs2)cc1. The number of hydrogen-bond donors (Lipinski definition) is 2. The first-order valence-electron chi connectivity index (χ1n) is 7.29. The molecular formula is C16H18N2O4S. The Morgan fingerprint density at radius 1 is 1.30 bits per heavy atom. The summed E-state index contributed by atoms with van der Waals surface area (Å²) in [6.45, 7) is 2.81. The fraction of sp³-hybridized carbons (Fsp3) is 0.312. The zero-order valence-corrected chi connectivity index (χ0v) is 13.6. The number of carboxylic acid groups (broad SMARTS) is 1. The highest BCUT2D eigenvalue weighted by Crippen LogP contribution is 2.25. The number of thiazole rings is 1. The van der Waals surface area contributed by atoms with Crippen molar-refractivity contribution >= 4 is 23.2 Å². The summed E-state index contributed by atoms with van der Waals surface area (Å²) < 4.78 is 5.52. The van der Waals surface area contributed by atoms with Gasteiger partial charge in [-0.25, -0.2) is 4.98 Å². The molecule has 1 amide bonds. The second-order valence-electron chi connectivity index (χ2n) is 4.81. The van der Waals surface area contributed by atoms with Gasteiger partial charge in [-0.05, 0) is 30.7 Å². The highest BCUT2D eigenvalue weighted by molar-refractivity contribution is 7.13. The minimum atomic E-state index is -0.949. The van der Waals surface area contributed by atoms with Crippen LogP contribution in [0.4, 0.5) is 0 Å². The van der Waals surface area contributed by atoms with Gasteiger partial charge < -0.3 is 15.2 Å². The smallest absolute Gasteiger partial charge is 0.305 e. The predicted molar refractivity (Wildman–Crippen MR) is 87.9 cm³/mol. The highest BCUT2D eigenvalue weighted by atomic mass is 32.1. The van der Waals surface area contributed by atoms with Crippen molar-refractivity contribution in [3.8, 4) is 16.3 Å². The number of carbonyl (C=O) groups excluding carboxylic acids is 1. The fourth-order valence-corrected chi connectivity index (χ4v) is 2.60. The van der Waals surface area contributed by atoms with E-state index in [0.29, 0.717) is 12.3 Å². The van der Waals surface area contributed by atoms with E-state index >= 15 is 0 Å². The molecule has 7 heteroatoms. The predicted octanol–water partition coefficient (Wildman–Crippen LogP) is 2.80. The van der Waals surface area contributed by atoms with Crippen molar-refractivity contribution in [3.63, 3.8) is 0 Å². The third kappa shape index (κ3) is 5.07. The number of rotatable bonds is 8. The molecule has 1 aromatic heterocycles. The summed E-state index contributed by atoms with van der Waals surface area (Å²) in [5.41, 5.74) is 1.20.